The Balaban J connectivity index is 1.25. The van der Waals surface area contributed by atoms with Crippen molar-refractivity contribution < 1.29 is 14.3 Å². The van der Waals surface area contributed by atoms with Gasteiger partial charge in [0.2, 0.25) is 0 Å². The van der Waals surface area contributed by atoms with E-state index in [2.05, 4.69) is 22.4 Å². The van der Waals surface area contributed by atoms with E-state index in [1.165, 1.54) is 32.1 Å². The smallest absolute Gasteiger partial charge is 0.291 e. The summed E-state index contributed by atoms with van der Waals surface area (Å²) in [4.78, 5) is 24.6. The third-order valence-electron chi connectivity index (χ3n) is 5.56. The fraction of sp³-hybridized carbons (Fsp3) is 0.360. The molecular formula is C25H28N2O3S. The number of para-hydroxylation sites is 2. The van der Waals surface area contributed by atoms with Gasteiger partial charge in [-0.2, -0.15) is 11.8 Å². The van der Waals surface area contributed by atoms with Gasteiger partial charge in [-0.1, -0.05) is 43.5 Å². The molecule has 6 heteroatoms. The molecule has 0 atom stereocenters. The Kier molecular flexibility index (Phi) is 7.30. The van der Waals surface area contributed by atoms with E-state index >= 15 is 0 Å². The first-order chi connectivity index (χ1) is 15.2. The van der Waals surface area contributed by atoms with Crippen molar-refractivity contribution >= 4 is 35.3 Å². The minimum Gasteiger partial charge on any atom is -0.449 e. The van der Waals surface area contributed by atoms with Crippen molar-refractivity contribution in [2.45, 2.75) is 43.8 Å². The van der Waals surface area contributed by atoms with E-state index in [0.717, 1.165) is 23.0 Å². The van der Waals surface area contributed by atoms with Crippen LogP contribution in [0.5, 0.6) is 5.75 Å². The molecule has 0 aromatic heterocycles. The Morgan fingerprint density at radius 1 is 1.10 bits per heavy atom. The largest absolute Gasteiger partial charge is 0.449 e. The minimum atomic E-state index is -0.286. The maximum absolute atomic E-state index is 12.4. The van der Waals surface area contributed by atoms with E-state index in [0.29, 0.717) is 23.5 Å². The summed E-state index contributed by atoms with van der Waals surface area (Å²) in [5.41, 5.74) is 2.07. The van der Waals surface area contributed by atoms with Crippen LogP contribution in [0.1, 0.15) is 54.4 Å². The number of anilines is 1. The molecule has 2 aromatic rings. The fourth-order valence-corrected chi connectivity index (χ4v) is 5.15. The summed E-state index contributed by atoms with van der Waals surface area (Å²) < 4.78 is 5.71. The summed E-state index contributed by atoms with van der Waals surface area (Å²) in [6.45, 7) is 0.692. The van der Waals surface area contributed by atoms with Crippen molar-refractivity contribution in [3.8, 4) is 5.75 Å². The predicted octanol–water partition coefficient (Wildman–Crippen LogP) is 5.24. The molecule has 31 heavy (non-hydrogen) atoms. The average molecular weight is 437 g/mol. The lowest BCUT2D eigenvalue weighted by atomic mass is 10.0. The van der Waals surface area contributed by atoms with Crippen molar-refractivity contribution in [2.75, 3.05) is 17.6 Å². The molecule has 0 unspecified atom stereocenters. The second-order valence-corrected chi connectivity index (χ2v) is 9.33. The van der Waals surface area contributed by atoms with E-state index in [1.54, 1.807) is 24.3 Å². The minimum absolute atomic E-state index is 0.0672. The third kappa shape index (κ3) is 5.91. The Hall–Kier alpha value is -2.73. The van der Waals surface area contributed by atoms with Crippen molar-refractivity contribution in [1.29, 1.82) is 0 Å². The van der Waals surface area contributed by atoms with Gasteiger partial charge < -0.3 is 15.4 Å². The molecule has 2 aliphatic rings. The van der Waals surface area contributed by atoms with Crippen molar-refractivity contribution in [2.24, 2.45) is 0 Å². The lowest BCUT2D eigenvalue weighted by Gasteiger charge is -2.20. The second-order valence-electron chi connectivity index (χ2n) is 7.92. The van der Waals surface area contributed by atoms with Gasteiger partial charge in [0.25, 0.3) is 11.8 Å². The maximum Gasteiger partial charge on any atom is 0.291 e. The number of nitrogens with one attached hydrogen (secondary N) is 2. The number of fused-ring (bicyclic) bond motifs is 1. The molecule has 1 heterocycles. The lowest BCUT2D eigenvalue weighted by Crippen LogP contribution is -2.25. The normalized spacial score (nSPS) is 17.5. The molecule has 1 saturated carbocycles. The van der Waals surface area contributed by atoms with Crippen LogP contribution >= 0.6 is 11.8 Å². The van der Waals surface area contributed by atoms with Crippen LogP contribution in [0.4, 0.5) is 5.69 Å². The van der Waals surface area contributed by atoms with Gasteiger partial charge in [0.1, 0.15) is 0 Å². The van der Waals surface area contributed by atoms with Crippen LogP contribution in [0.15, 0.2) is 54.3 Å². The maximum atomic E-state index is 12.4. The van der Waals surface area contributed by atoms with Crippen molar-refractivity contribution in [1.82, 2.24) is 5.32 Å². The first-order valence-electron chi connectivity index (χ1n) is 11.0. The van der Waals surface area contributed by atoms with Gasteiger partial charge in [0.15, 0.2) is 11.5 Å². The van der Waals surface area contributed by atoms with Crippen molar-refractivity contribution in [3.05, 3.63) is 65.4 Å². The fourth-order valence-electron chi connectivity index (χ4n) is 3.84. The number of hydrogen-bond acceptors (Lipinski definition) is 4. The van der Waals surface area contributed by atoms with E-state index in [-0.39, 0.29) is 17.6 Å². The highest BCUT2D eigenvalue weighted by atomic mass is 32.2. The van der Waals surface area contributed by atoms with Crippen molar-refractivity contribution in [3.63, 3.8) is 0 Å². The Morgan fingerprint density at radius 2 is 1.87 bits per heavy atom. The van der Waals surface area contributed by atoms with Crippen LogP contribution in [0.3, 0.4) is 0 Å². The van der Waals surface area contributed by atoms with Gasteiger partial charge in [-0.05, 0) is 60.9 Å². The zero-order valence-electron chi connectivity index (χ0n) is 17.6. The molecule has 5 nitrogen and oxygen atoms in total. The molecule has 2 amide bonds. The van der Waals surface area contributed by atoms with Crippen LogP contribution in [0.25, 0.3) is 6.08 Å². The number of carbonyl (C=O) groups is 2. The zero-order valence-corrected chi connectivity index (χ0v) is 18.4. The second kappa shape index (κ2) is 10.5. The molecule has 162 valence electrons. The SMILES string of the molecule is O=C1Nc2ccccc2O/C1=C\c1ccc(C(=O)NCCCSC2CCCCC2)cc1. The Labute approximate surface area is 187 Å². The molecule has 1 aliphatic heterocycles. The van der Waals surface area contributed by atoms with Crippen LogP contribution in [0.2, 0.25) is 0 Å². The monoisotopic (exact) mass is 436 g/mol. The third-order valence-corrected chi connectivity index (χ3v) is 7.03. The van der Waals surface area contributed by atoms with Crippen LogP contribution in [-0.4, -0.2) is 29.4 Å². The number of rotatable bonds is 7. The van der Waals surface area contributed by atoms with Gasteiger partial charge >= 0.3 is 0 Å². The molecular weight excluding hydrogens is 408 g/mol. The van der Waals surface area contributed by atoms with E-state index in [1.807, 2.05) is 30.3 Å². The van der Waals surface area contributed by atoms with Crippen LogP contribution < -0.4 is 15.4 Å². The van der Waals surface area contributed by atoms with Crippen LogP contribution in [0, 0.1) is 0 Å². The van der Waals surface area contributed by atoms with E-state index < -0.39 is 0 Å². The number of thioether (sulfide) groups is 1. The summed E-state index contributed by atoms with van der Waals surface area (Å²) in [6.07, 6.45) is 9.48. The van der Waals surface area contributed by atoms with Gasteiger partial charge in [0, 0.05) is 17.4 Å². The summed E-state index contributed by atoms with van der Waals surface area (Å²) in [6, 6.07) is 14.5. The summed E-state index contributed by atoms with van der Waals surface area (Å²) in [5.74, 6) is 1.59. The summed E-state index contributed by atoms with van der Waals surface area (Å²) in [7, 11) is 0. The average Bonchev–Trinajstić information content (AvgIpc) is 2.80. The molecule has 1 fully saturated rings. The number of benzene rings is 2. The van der Waals surface area contributed by atoms with Gasteiger partial charge in [-0.25, -0.2) is 0 Å². The van der Waals surface area contributed by atoms with E-state index in [4.69, 9.17) is 4.74 Å². The molecule has 0 saturated heterocycles. The molecule has 0 radical (unpaired) electrons. The molecule has 1 aliphatic carbocycles. The van der Waals surface area contributed by atoms with Gasteiger partial charge in [0.05, 0.1) is 5.69 Å². The Morgan fingerprint density at radius 3 is 2.68 bits per heavy atom. The summed E-state index contributed by atoms with van der Waals surface area (Å²) in [5, 5.41) is 6.63. The molecule has 2 N–H and O–H groups in total. The van der Waals surface area contributed by atoms with Crippen LogP contribution in [-0.2, 0) is 4.79 Å². The first-order valence-corrected chi connectivity index (χ1v) is 12.0. The number of amides is 2. The molecule has 0 spiro atoms. The lowest BCUT2D eigenvalue weighted by molar-refractivity contribution is -0.115. The quantitative estimate of drug-likeness (QED) is 0.460. The number of ether oxygens (including phenoxy) is 1. The number of carbonyl (C=O) groups excluding carboxylic acids is 2. The van der Waals surface area contributed by atoms with Gasteiger partial charge in [-0.3, -0.25) is 9.59 Å². The highest BCUT2D eigenvalue weighted by Crippen LogP contribution is 2.31. The standard InChI is InChI=1S/C25H28N2O3S/c28-24(26-15-6-16-31-20-7-2-1-3-8-20)19-13-11-18(12-14-19)17-23-25(29)27-21-9-4-5-10-22(21)30-23/h4-5,9-14,17,20H,1-3,6-8,15-16H2,(H,26,28)(H,27,29)/b23-17-. The highest BCUT2D eigenvalue weighted by Gasteiger charge is 2.21. The predicted molar refractivity (Wildman–Crippen MR) is 126 cm³/mol. The van der Waals surface area contributed by atoms with Gasteiger partial charge in [-0.15, -0.1) is 0 Å². The Bertz CT molecular complexity index is 949. The first kappa shape index (κ1) is 21.5. The zero-order chi connectivity index (χ0) is 21.5. The highest BCUT2D eigenvalue weighted by molar-refractivity contribution is 7.99. The topological polar surface area (TPSA) is 67.4 Å². The number of hydrogen-bond donors (Lipinski definition) is 2. The molecule has 4 rings (SSSR count). The molecule has 2 aromatic carbocycles. The summed E-state index contributed by atoms with van der Waals surface area (Å²) >= 11 is 2.06. The molecule has 0 bridgehead atoms. The van der Waals surface area contributed by atoms with E-state index in [9.17, 15) is 9.59 Å².